The van der Waals surface area contributed by atoms with Crippen LogP contribution in [0.5, 0.6) is 0 Å². The molecule has 0 bridgehead atoms. The van der Waals surface area contributed by atoms with Crippen LogP contribution >= 0.6 is 23.7 Å². The fraction of sp³-hybridized carbons (Fsp3) is 0.571. The summed E-state index contributed by atoms with van der Waals surface area (Å²) in [6.45, 7) is 3.10. The van der Waals surface area contributed by atoms with Crippen molar-refractivity contribution in [2.24, 2.45) is 0 Å². The number of aromatic nitrogens is 2. The summed E-state index contributed by atoms with van der Waals surface area (Å²) in [7, 11) is -1.10. The van der Waals surface area contributed by atoms with Crippen molar-refractivity contribution in [3.8, 4) is 10.8 Å². The zero-order valence-electron chi connectivity index (χ0n) is 14.1. The maximum Gasteiger partial charge on any atom is 0.268 e. The molecule has 1 aliphatic heterocycles. The predicted molar refractivity (Wildman–Crippen MR) is 99.7 cm³/mol. The van der Waals surface area contributed by atoms with Crippen molar-refractivity contribution in [1.82, 2.24) is 25.1 Å². The molecule has 1 aliphatic rings. The van der Waals surface area contributed by atoms with Crippen molar-refractivity contribution in [2.45, 2.75) is 12.5 Å². The largest absolute Gasteiger partial charge is 0.333 e. The first-order valence-electron chi connectivity index (χ1n) is 7.70. The van der Waals surface area contributed by atoms with E-state index in [0.29, 0.717) is 24.7 Å². The fourth-order valence-corrected chi connectivity index (χ4v) is 3.95. The van der Waals surface area contributed by atoms with Gasteiger partial charge >= 0.3 is 0 Å². The molecule has 1 atom stereocenters. The molecule has 3 rings (SSSR count). The molecule has 0 radical (unpaired) electrons. The van der Waals surface area contributed by atoms with E-state index in [1.54, 1.807) is 0 Å². The second-order valence-electron chi connectivity index (χ2n) is 5.84. The lowest BCUT2D eigenvalue weighted by Gasteiger charge is -2.30. The van der Waals surface area contributed by atoms with Crippen LogP contribution in [0.1, 0.15) is 16.7 Å². The van der Waals surface area contributed by atoms with E-state index >= 15 is 0 Å². The van der Waals surface area contributed by atoms with Crippen molar-refractivity contribution in [3.63, 3.8) is 0 Å². The number of sulfonamides is 1. The predicted octanol–water partition coefficient (Wildman–Crippen LogP) is 0.888. The molecule has 0 aromatic carbocycles. The van der Waals surface area contributed by atoms with Crippen molar-refractivity contribution in [1.29, 1.82) is 0 Å². The lowest BCUT2D eigenvalue weighted by atomic mass is 10.2. The van der Waals surface area contributed by atoms with Gasteiger partial charge < -0.3 is 9.84 Å². The monoisotopic (exact) mass is 407 g/mol. The molecular formula is C14H22ClN5O3S2. The summed E-state index contributed by atoms with van der Waals surface area (Å²) >= 11 is 1.54. The minimum atomic E-state index is -3.15. The van der Waals surface area contributed by atoms with Gasteiger partial charge in [-0.1, -0.05) is 5.16 Å². The van der Waals surface area contributed by atoms with Crippen LogP contribution in [0.4, 0.5) is 0 Å². The first-order valence-corrected chi connectivity index (χ1v) is 10.4. The SMILES string of the molecule is CN1CCNCC1c1noc(-c2ccc(CCNS(C)(=O)=O)s2)n1.Cl. The molecule has 2 aromatic heterocycles. The van der Waals surface area contributed by atoms with Gasteiger partial charge in [0.15, 0.2) is 5.82 Å². The molecule has 140 valence electrons. The van der Waals surface area contributed by atoms with Gasteiger partial charge in [0, 0.05) is 31.1 Å². The Hall–Kier alpha value is -1.04. The van der Waals surface area contributed by atoms with Crippen molar-refractivity contribution in [2.75, 3.05) is 39.5 Å². The van der Waals surface area contributed by atoms with Gasteiger partial charge in [-0.3, -0.25) is 4.90 Å². The Bertz CT molecular complexity index is 792. The first kappa shape index (κ1) is 20.3. The number of rotatable bonds is 6. The van der Waals surface area contributed by atoms with E-state index in [1.165, 1.54) is 11.3 Å². The van der Waals surface area contributed by atoms with Gasteiger partial charge in [-0.15, -0.1) is 23.7 Å². The molecular weight excluding hydrogens is 386 g/mol. The second kappa shape index (κ2) is 8.56. The van der Waals surface area contributed by atoms with Crippen LogP contribution in [0.3, 0.4) is 0 Å². The summed E-state index contributed by atoms with van der Waals surface area (Å²) in [5, 5.41) is 7.45. The van der Waals surface area contributed by atoms with Gasteiger partial charge in [-0.25, -0.2) is 13.1 Å². The highest BCUT2D eigenvalue weighted by Crippen LogP contribution is 2.28. The zero-order valence-corrected chi connectivity index (χ0v) is 16.5. The van der Waals surface area contributed by atoms with E-state index in [9.17, 15) is 8.42 Å². The van der Waals surface area contributed by atoms with Crippen LogP contribution in [0.2, 0.25) is 0 Å². The highest BCUT2D eigenvalue weighted by atomic mass is 35.5. The third-order valence-electron chi connectivity index (χ3n) is 3.86. The van der Waals surface area contributed by atoms with Gasteiger partial charge in [0.25, 0.3) is 5.89 Å². The number of halogens is 1. The van der Waals surface area contributed by atoms with Crippen molar-refractivity contribution < 1.29 is 12.9 Å². The number of hydrogen-bond donors (Lipinski definition) is 2. The highest BCUT2D eigenvalue weighted by molar-refractivity contribution is 7.88. The van der Waals surface area contributed by atoms with Gasteiger partial charge in [0.2, 0.25) is 10.0 Å². The van der Waals surface area contributed by atoms with Crippen molar-refractivity contribution >= 4 is 33.8 Å². The molecule has 11 heteroatoms. The fourth-order valence-electron chi connectivity index (χ4n) is 2.55. The van der Waals surface area contributed by atoms with Crippen LogP contribution in [-0.2, 0) is 16.4 Å². The molecule has 8 nitrogen and oxygen atoms in total. The average Bonchev–Trinajstić information content (AvgIpc) is 3.15. The van der Waals surface area contributed by atoms with Crippen molar-refractivity contribution in [3.05, 3.63) is 22.8 Å². The molecule has 25 heavy (non-hydrogen) atoms. The minimum absolute atomic E-state index is 0. The van der Waals surface area contributed by atoms with Gasteiger partial charge in [-0.05, 0) is 25.6 Å². The number of piperazine rings is 1. The molecule has 0 aliphatic carbocycles. The van der Waals surface area contributed by atoms with Gasteiger partial charge in [0.1, 0.15) is 0 Å². The molecule has 0 spiro atoms. The Kier molecular flexibility index (Phi) is 6.94. The van der Waals surface area contributed by atoms with E-state index in [-0.39, 0.29) is 18.4 Å². The molecule has 1 fully saturated rings. The maximum atomic E-state index is 11.1. The summed E-state index contributed by atoms with van der Waals surface area (Å²) in [4.78, 5) is 8.70. The van der Waals surface area contributed by atoms with Crippen LogP contribution in [0, 0.1) is 0 Å². The maximum absolute atomic E-state index is 11.1. The Balaban J connectivity index is 0.00000225. The third-order valence-corrected chi connectivity index (χ3v) is 5.72. The van der Waals surface area contributed by atoms with Crippen LogP contribution < -0.4 is 10.0 Å². The summed E-state index contributed by atoms with van der Waals surface area (Å²) in [6, 6.07) is 4.01. The standard InChI is InChI=1S/C14H21N5O3S2.ClH/c1-19-8-7-15-9-11(19)13-17-14(22-18-13)12-4-3-10(23-12)5-6-16-24(2,20)21;/h3-4,11,15-16H,5-9H2,1-2H3;1H. The smallest absolute Gasteiger partial charge is 0.268 e. The van der Waals surface area contributed by atoms with Crippen LogP contribution in [0.25, 0.3) is 10.8 Å². The van der Waals surface area contributed by atoms with E-state index in [0.717, 1.165) is 35.6 Å². The number of hydrogen-bond acceptors (Lipinski definition) is 8. The van der Waals surface area contributed by atoms with E-state index in [4.69, 9.17) is 4.52 Å². The van der Waals surface area contributed by atoms with E-state index in [1.807, 2.05) is 12.1 Å². The molecule has 0 amide bonds. The average molecular weight is 408 g/mol. The number of thiophene rings is 1. The number of likely N-dealkylation sites (N-methyl/N-ethyl adjacent to an activating group) is 1. The number of nitrogens with one attached hydrogen (secondary N) is 2. The third kappa shape index (κ3) is 5.47. The van der Waals surface area contributed by atoms with E-state index in [2.05, 4.69) is 32.1 Å². The Morgan fingerprint density at radius 2 is 2.28 bits per heavy atom. The van der Waals surface area contributed by atoms with Gasteiger partial charge in [0.05, 0.1) is 17.2 Å². The Morgan fingerprint density at radius 1 is 1.48 bits per heavy atom. The van der Waals surface area contributed by atoms with E-state index < -0.39 is 10.0 Å². The summed E-state index contributed by atoms with van der Waals surface area (Å²) in [6.07, 6.45) is 1.79. The zero-order chi connectivity index (χ0) is 17.2. The first-order chi connectivity index (χ1) is 11.4. The lowest BCUT2D eigenvalue weighted by Crippen LogP contribution is -2.44. The summed E-state index contributed by atoms with van der Waals surface area (Å²) in [5.74, 6) is 1.20. The topological polar surface area (TPSA) is 100 Å². The molecule has 2 aromatic rings. The number of nitrogens with zero attached hydrogens (tertiary/aromatic N) is 3. The summed E-state index contributed by atoms with van der Waals surface area (Å²) < 4.78 is 30.0. The minimum Gasteiger partial charge on any atom is -0.333 e. The lowest BCUT2D eigenvalue weighted by molar-refractivity contribution is 0.190. The molecule has 3 heterocycles. The Morgan fingerprint density at radius 3 is 3.00 bits per heavy atom. The molecule has 0 saturated carbocycles. The highest BCUT2D eigenvalue weighted by Gasteiger charge is 2.25. The second-order valence-corrected chi connectivity index (χ2v) is 8.84. The van der Waals surface area contributed by atoms with Crippen LogP contribution in [-0.4, -0.2) is 62.9 Å². The molecule has 2 N–H and O–H groups in total. The summed E-state index contributed by atoms with van der Waals surface area (Å²) in [5.41, 5.74) is 0. The normalized spacial score (nSPS) is 18.9. The van der Waals surface area contributed by atoms with Gasteiger partial charge in [-0.2, -0.15) is 4.98 Å². The quantitative estimate of drug-likeness (QED) is 0.733. The Labute approximate surface area is 157 Å². The molecule has 1 saturated heterocycles. The van der Waals surface area contributed by atoms with Crippen LogP contribution in [0.15, 0.2) is 16.7 Å². The molecule has 1 unspecified atom stereocenters.